The van der Waals surface area contributed by atoms with Gasteiger partial charge in [-0.25, -0.2) is 4.98 Å². The van der Waals surface area contributed by atoms with Gasteiger partial charge in [0.25, 0.3) is 5.56 Å². The van der Waals surface area contributed by atoms with E-state index in [1.807, 2.05) is 0 Å². The number of hydrogen-bond acceptors (Lipinski definition) is 5. The molecule has 80 valence electrons. The number of nitrogen functional groups attached to an aromatic ring is 1. The summed E-state index contributed by atoms with van der Waals surface area (Å²) >= 11 is 0. The Balaban J connectivity index is 2.31. The van der Waals surface area contributed by atoms with Gasteiger partial charge in [-0.1, -0.05) is 0 Å². The normalized spacial score (nSPS) is 11.0. The van der Waals surface area contributed by atoms with Crippen LogP contribution < -0.4 is 11.3 Å². The topological polar surface area (TPSA) is 114 Å². The zero-order chi connectivity index (χ0) is 11.1. The lowest BCUT2D eigenvalue weighted by Crippen LogP contribution is -2.10. The van der Waals surface area contributed by atoms with Gasteiger partial charge in [-0.05, 0) is 12.1 Å². The lowest BCUT2D eigenvalue weighted by atomic mass is 10.4. The summed E-state index contributed by atoms with van der Waals surface area (Å²) in [5.41, 5.74) is 5.60. The Bertz CT molecular complexity index is 694. The first-order valence-corrected chi connectivity index (χ1v) is 4.53. The van der Waals surface area contributed by atoms with Gasteiger partial charge in [0.1, 0.15) is 0 Å². The van der Waals surface area contributed by atoms with Crippen LogP contribution >= 0.6 is 0 Å². The molecule has 7 nitrogen and oxygen atoms in total. The Morgan fingerprint density at radius 2 is 2.19 bits per heavy atom. The summed E-state index contributed by atoms with van der Waals surface area (Å²) in [5, 5.41) is 0. The molecule has 3 aromatic rings. The summed E-state index contributed by atoms with van der Waals surface area (Å²) in [6.07, 6.45) is 1.52. The minimum atomic E-state index is -0.354. The van der Waals surface area contributed by atoms with E-state index in [2.05, 4.69) is 19.9 Å². The molecule has 4 N–H and O–H groups in total. The second kappa shape index (κ2) is 2.96. The van der Waals surface area contributed by atoms with E-state index in [0.29, 0.717) is 11.6 Å². The van der Waals surface area contributed by atoms with Crippen molar-refractivity contribution in [2.24, 2.45) is 0 Å². The van der Waals surface area contributed by atoms with Crippen molar-refractivity contribution in [3.8, 4) is 11.6 Å². The fourth-order valence-corrected chi connectivity index (χ4v) is 1.45. The predicted molar refractivity (Wildman–Crippen MR) is 56.6 cm³/mol. The van der Waals surface area contributed by atoms with Crippen molar-refractivity contribution in [3.05, 3.63) is 28.7 Å². The van der Waals surface area contributed by atoms with E-state index in [-0.39, 0.29) is 22.7 Å². The predicted octanol–water partition coefficient (Wildman–Crippen LogP) is 0.488. The molecular formula is C9H7N5O2. The number of rotatable bonds is 1. The summed E-state index contributed by atoms with van der Waals surface area (Å²) in [7, 11) is 0. The molecule has 16 heavy (non-hydrogen) atoms. The van der Waals surface area contributed by atoms with E-state index < -0.39 is 0 Å². The molecule has 3 aromatic heterocycles. The summed E-state index contributed by atoms with van der Waals surface area (Å²) in [5.74, 6) is 1.02. The molecule has 0 saturated carbocycles. The highest BCUT2D eigenvalue weighted by Crippen LogP contribution is 2.17. The fraction of sp³-hybridized carbons (Fsp3) is 0. The molecule has 0 fully saturated rings. The highest BCUT2D eigenvalue weighted by molar-refractivity contribution is 5.74. The molecule has 0 aromatic carbocycles. The monoisotopic (exact) mass is 217 g/mol. The Hall–Kier alpha value is -2.57. The van der Waals surface area contributed by atoms with E-state index in [1.165, 1.54) is 6.26 Å². The molecular weight excluding hydrogens is 210 g/mol. The standard InChI is InChI=1S/C9H7N5O2/c10-9-13-7-5(8(15)14-9)11-6(12-7)4-2-1-3-16-4/h1-3H,(H4,10,11,12,13,14,15). The smallest absolute Gasteiger partial charge is 0.278 e. The number of hydrogen-bond donors (Lipinski definition) is 3. The third kappa shape index (κ3) is 1.18. The molecule has 0 spiro atoms. The van der Waals surface area contributed by atoms with Crippen molar-refractivity contribution in [1.29, 1.82) is 0 Å². The summed E-state index contributed by atoms with van der Waals surface area (Å²) in [4.78, 5) is 24.7. The van der Waals surface area contributed by atoms with Gasteiger partial charge in [0.2, 0.25) is 5.95 Å². The van der Waals surface area contributed by atoms with E-state index in [4.69, 9.17) is 10.2 Å². The van der Waals surface area contributed by atoms with E-state index in [0.717, 1.165) is 0 Å². The fourth-order valence-electron chi connectivity index (χ4n) is 1.45. The summed E-state index contributed by atoms with van der Waals surface area (Å²) < 4.78 is 5.15. The van der Waals surface area contributed by atoms with Crippen LogP contribution in [0.2, 0.25) is 0 Å². The number of H-pyrrole nitrogens is 2. The van der Waals surface area contributed by atoms with Gasteiger partial charge < -0.3 is 15.1 Å². The molecule has 0 aliphatic heterocycles. The summed E-state index contributed by atoms with van der Waals surface area (Å²) in [6, 6.07) is 3.46. The quantitative estimate of drug-likeness (QED) is 0.548. The van der Waals surface area contributed by atoms with Gasteiger partial charge in [0.15, 0.2) is 22.7 Å². The molecule has 0 amide bonds. The minimum Gasteiger partial charge on any atom is -0.461 e. The number of nitrogens with zero attached hydrogens (tertiary/aromatic N) is 2. The molecule has 0 bridgehead atoms. The highest BCUT2D eigenvalue weighted by Gasteiger charge is 2.11. The van der Waals surface area contributed by atoms with E-state index in [1.54, 1.807) is 12.1 Å². The lowest BCUT2D eigenvalue weighted by molar-refractivity contribution is 0.578. The number of aromatic nitrogens is 4. The number of nitrogens with one attached hydrogen (secondary N) is 2. The molecule has 0 atom stereocenters. The molecule has 7 heteroatoms. The number of aromatic amines is 2. The number of imidazole rings is 1. The molecule has 0 radical (unpaired) electrons. The largest absolute Gasteiger partial charge is 0.461 e. The van der Waals surface area contributed by atoms with Gasteiger partial charge in [0, 0.05) is 0 Å². The highest BCUT2D eigenvalue weighted by atomic mass is 16.3. The SMILES string of the molecule is Nc1nc2nc(-c3ccco3)[nH]c2c(=O)[nH]1. The maximum absolute atomic E-state index is 11.5. The lowest BCUT2D eigenvalue weighted by Gasteiger charge is -1.89. The van der Waals surface area contributed by atoms with Crippen LogP contribution in [-0.4, -0.2) is 19.9 Å². The average Bonchev–Trinajstić information content (AvgIpc) is 2.82. The number of nitrogens with two attached hydrogens (primary N) is 1. The first-order chi connectivity index (χ1) is 7.74. The molecule has 0 aliphatic rings. The first kappa shape index (κ1) is 8.72. The first-order valence-electron chi connectivity index (χ1n) is 4.53. The van der Waals surface area contributed by atoms with Crippen molar-refractivity contribution < 1.29 is 4.42 Å². The third-order valence-electron chi connectivity index (χ3n) is 2.13. The van der Waals surface area contributed by atoms with Crippen LogP contribution in [0.5, 0.6) is 0 Å². The van der Waals surface area contributed by atoms with Crippen LogP contribution in [0.15, 0.2) is 27.6 Å². The van der Waals surface area contributed by atoms with Gasteiger partial charge in [0.05, 0.1) is 6.26 Å². The van der Waals surface area contributed by atoms with E-state index in [9.17, 15) is 4.79 Å². The zero-order valence-corrected chi connectivity index (χ0v) is 8.02. The zero-order valence-electron chi connectivity index (χ0n) is 8.02. The van der Waals surface area contributed by atoms with Gasteiger partial charge >= 0.3 is 0 Å². The van der Waals surface area contributed by atoms with Crippen molar-refractivity contribution in [3.63, 3.8) is 0 Å². The van der Waals surface area contributed by atoms with Gasteiger partial charge in [-0.15, -0.1) is 0 Å². The number of furan rings is 1. The van der Waals surface area contributed by atoms with Gasteiger partial charge in [-0.3, -0.25) is 9.78 Å². The van der Waals surface area contributed by atoms with Crippen molar-refractivity contribution in [1.82, 2.24) is 19.9 Å². The molecule has 0 unspecified atom stereocenters. The van der Waals surface area contributed by atoms with Crippen molar-refractivity contribution >= 4 is 17.1 Å². The van der Waals surface area contributed by atoms with Crippen LogP contribution in [0.3, 0.4) is 0 Å². The second-order valence-electron chi connectivity index (χ2n) is 3.21. The third-order valence-corrected chi connectivity index (χ3v) is 2.13. The molecule has 3 rings (SSSR count). The Labute approximate surface area is 88.3 Å². The summed E-state index contributed by atoms with van der Waals surface area (Å²) in [6.45, 7) is 0. The maximum atomic E-state index is 11.5. The molecule has 3 heterocycles. The van der Waals surface area contributed by atoms with Gasteiger partial charge in [-0.2, -0.15) is 4.98 Å². The number of fused-ring (bicyclic) bond motifs is 1. The minimum absolute atomic E-state index is 0.0370. The Morgan fingerprint density at radius 3 is 2.94 bits per heavy atom. The Morgan fingerprint density at radius 1 is 1.31 bits per heavy atom. The number of anilines is 1. The maximum Gasteiger partial charge on any atom is 0.278 e. The van der Waals surface area contributed by atoms with Crippen molar-refractivity contribution in [2.45, 2.75) is 0 Å². The Kier molecular flexibility index (Phi) is 1.61. The van der Waals surface area contributed by atoms with Crippen LogP contribution in [0, 0.1) is 0 Å². The molecule has 0 aliphatic carbocycles. The average molecular weight is 217 g/mol. The van der Waals surface area contributed by atoms with Crippen LogP contribution in [0.25, 0.3) is 22.7 Å². The van der Waals surface area contributed by atoms with E-state index >= 15 is 0 Å². The second-order valence-corrected chi connectivity index (χ2v) is 3.21. The molecule has 0 saturated heterocycles. The van der Waals surface area contributed by atoms with Crippen LogP contribution in [0.1, 0.15) is 0 Å². The van der Waals surface area contributed by atoms with Crippen LogP contribution in [-0.2, 0) is 0 Å². The van der Waals surface area contributed by atoms with Crippen LogP contribution in [0.4, 0.5) is 5.95 Å². The van der Waals surface area contributed by atoms with Crippen molar-refractivity contribution in [2.75, 3.05) is 5.73 Å².